The van der Waals surface area contributed by atoms with Crippen LogP contribution in [0.5, 0.6) is 0 Å². The molecule has 0 spiro atoms. The Balaban J connectivity index is 0.0000000882. The highest BCUT2D eigenvalue weighted by molar-refractivity contribution is 5.80. The first-order valence-corrected chi connectivity index (χ1v) is 55.4. The minimum Gasteiger partial charge on any atom is -0.481 e. The van der Waals surface area contributed by atoms with Gasteiger partial charge in [-0.3, -0.25) is 33.6 Å². The lowest BCUT2D eigenvalue weighted by atomic mass is 9.48. The summed E-state index contributed by atoms with van der Waals surface area (Å²) in [5, 5.41) is 37.3. The number of ether oxygens (including phenoxy) is 5. The van der Waals surface area contributed by atoms with Crippen molar-refractivity contribution in [3.63, 3.8) is 0 Å². The fourth-order valence-corrected chi connectivity index (χ4v) is 47.2. The molecule has 31 rings (SSSR count). The normalized spacial score (nSPS) is 59.2. The van der Waals surface area contributed by atoms with Crippen molar-refractivity contribution in [3.05, 3.63) is 0 Å². The maximum Gasteiger partial charge on any atom is 0.311 e. The van der Waals surface area contributed by atoms with Gasteiger partial charge in [0.05, 0.1) is 60.7 Å². The summed E-state index contributed by atoms with van der Waals surface area (Å²) in [5.74, 6) is 39.3. The molecule has 0 aromatic heterocycles. The van der Waals surface area contributed by atoms with Crippen molar-refractivity contribution in [2.24, 2.45) is 330 Å². The van der Waals surface area contributed by atoms with E-state index in [1.807, 2.05) is 6.92 Å². The summed E-state index contributed by atoms with van der Waals surface area (Å²) in [6.07, 6.45) is 36.9. The van der Waals surface area contributed by atoms with Gasteiger partial charge < -0.3 is 44.1 Å². The van der Waals surface area contributed by atoms with Gasteiger partial charge in [0, 0.05) is 19.4 Å². The highest BCUT2D eigenvalue weighted by Crippen LogP contribution is 2.79. The number of carbonyl (C=O) groups is 7. The van der Waals surface area contributed by atoms with Crippen LogP contribution in [0.15, 0.2) is 0 Å². The molecule has 31 aliphatic carbocycles. The van der Waals surface area contributed by atoms with E-state index in [0.717, 1.165) is 321 Å². The van der Waals surface area contributed by atoms with E-state index < -0.39 is 34.0 Å². The first-order chi connectivity index (χ1) is 61.9. The van der Waals surface area contributed by atoms with E-state index in [0.29, 0.717) is 85.2 Å². The molecule has 714 valence electrons. The van der Waals surface area contributed by atoms with Crippen LogP contribution in [0.1, 0.15) is 282 Å². The number of hydrogen-bond acceptors (Lipinski definition) is 14. The van der Waals surface area contributed by atoms with Gasteiger partial charge in [-0.1, -0.05) is 69.2 Å². The molecule has 31 aliphatic rings. The zero-order chi connectivity index (χ0) is 89.2. The van der Waals surface area contributed by atoms with E-state index in [2.05, 4.69) is 69.2 Å². The fourth-order valence-electron chi connectivity index (χ4n) is 47.2. The van der Waals surface area contributed by atoms with Crippen molar-refractivity contribution in [1.29, 1.82) is 0 Å². The van der Waals surface area contributed by atoms with Gasteiger partial charge in [0.2, 0.25) is 0 Å². The Morgan fingerprint density at radius 1 is 0.302 bits per heavy atom. The van der Waals surface area contributed by atoms with E-state index in [4.69, 9.17) is 33.9 Å². The van der Waals surface area contributed by atoms with Gasteiger partial charge in [0.25, 0.3) is 0 Å². The van der Waals surface area contributed by atoms with Gasteiger partial charge >= 0.3 is 41.8 Å². The Hall–Kier alpha value is -3.79. The summed E-state index contributed by atoms with van der Waals surface area (Å²) >= 11 is 0. The largest absolute Gasteiger partial charge is 0.481 e. The number of aliphatic hydroxyl groups excluding tert-OH is 2. The Kier molecular flexibility index (Phi) is 21.6. The maximum atomic E-state index is 13.7. The Morgan fingerprint density at radius 3 is 0.899 bits per heavy atom. The molecule has 30 bridgehead atoms. The highest BCUT2D eigenvalue weighted by Gasteiger charge is 2.75. The number of esters is 5. The van der Waals surface area contributed by atoms with Crippen molar-refractivity contribution in [3.8, 4) is 0 Å². The second kappa shape index (κ2) is 31.6. The predicted octanol–water partition coefficient (Wildman–Crippen LogP) is 20.2. The predicted molar refractivity (Wildman–Crippen MR) is 485 cm³/mol. The molecule has 16 nitrogen and oxygen atoms in total. The summed E-state index contributed by atoms with van der Waals surface area (Å²) in [5.41, 5.74) is -1.89. The lowest BCUT2D eigenvalue weighted by Crippen LogP contribution is -2.60. The molecule has 16 heteroatoms. The summed E-state index contributed by atoms with van der Waals surface area (Å²) in [6.45, 7) is 27.5. The number of carboxylic acids is 2. The number of aliphatic hydroxyl groups is 2. The summed E-state index contributed by atoms with van der Waals surface area (Å²) in [4.78, 5) is 87.8. The van der Waals surface area contributed by atoms with E-state index in [1.54, 1.807) is 0 Å². The van der Waals surface area contributed by atoms with Gasteiger partial charge in [0.1, 0.15) is 17.8 Å². The molecular formula is C113H166O16. The average molecular weight is 1780 g/mol. The summed E-state index contributed by atoms with van der Waals surface area (Å²) < 4.78 is 28.7. The van der Waals surface area contributed by atoms with Crippen LogP contribution in [0, 0.1) is 330 Å². The number of carboxylic acid groups (broad SMARTS) is 2. The molecule has 0 aliphatic heterocycles. The SMILES string of the molecule is CC1C(C)C2CC1C1C3CC(C(=O)O)C(C3)C21.CC1C(C)C2CC1C1C3CC(C(=O)OC45CC6CC(C4)CC(C(=O)O)(C6)C5)C(C3)C21.CC1C(C)C2CC1C1C3CC(C(=O)OCCO)C(C3)C21.CCOC(=O)C1CC2CC1C1C3CC(C(C)C3C)C21.COC(=O)C12CC3CC(CC(OC(=O)C4CC5CC4C4C6CC(C(C)C6C)C54)(C3)C1)C2.OCC1CC2C3CCC(C3)C2C1. The molecule has 0 aromatic carbocycles. The van der Waals surface area contributed by atoms with E-state index in [9.17, 15) is 43.8 Å². The third-order valence-corrected chi connectivity index (χ3v) is 50.8. The quantitative estimate of drug-likeness (QED) is 0.0760. The molecule has 129 heavy (non-hydrogen) atoms. The number of methoxy groups -OCH3 is 1. The van der Waals surface area contributed by atoms with Crippen molar-refractivity contribution in [2.45, 2.75) is 293 Å². The smallest absolute Gasteiger partial charge is 0.311 e. The Bertz CT molecular complexity index is 4330. The van der Waals surface area contributed by atoms with E-state index in [-0.39, 0.29) is 72.6 Å². The molecular weight excluding hydrogens is 1610 g/mol. The highest BCUT2D eigenvalue weighted by atomic mass is 16.6. The van der Waals surface area contributed by atoms with Crippen molar-refractivity contribution in [2.75, 3.05) is 33.5 Å². The molecule has 53 atom stereocenters. The standard InChI is InChI=1S/C27H38O4.C26H36O4.C17H26O3.C17H26O2.C15H22O2.C11H18O/c1-13-14(2)19-7-18(13)22-17-5-20(23(19)22)21(6-17)24(28)31-27-10-15-4-16(11-27)9-26(8-15,12-27)25(29)30-3;1-12-13(2)18-6-17(12)21-16-4-19(22(18)21)20(5-16)23(27)30-26-9-14-3-15(10-26)8-25(7-14,11-26)24(28)29;1-8-9(2)12-7-11(8)15-10-5-13(16(12)15)14(6-10)17(19)20-4-3-18;1-4-19-17(18)14-6-10-5-13(14)16-12-7-11(15(10)16)8(2)9(12)3;1-6-7(2)10-5-9(6)13-8-3-11(14(10)13)12(4-8)15(16)17;12-6-7-3-10-8-1-2-9(5-8)11(10)4-7/h13-23H,4-12H2,1-3H3;12-22H,3-11H2,1-2H3,(H,28,29);8-16,18H,3-7H2,1-2H3;8-16H,4-7H2,1-3H3;6-14H,3-5H2,1-2H3,(H,16,17);7-12H,1-6H2. The Labute approximate surface area is 771 Å². The molecule has 0 aromatic rings. The van der Waals surface area contributed by atoms with Crippen LogP contribution >= 0.6 is 0 Å². The molecule has 31 saturated carbocycles. The van der Waals surface area contributed by atoms with Gasteiger partial charge in [0.15, 0.2) is 0 Å². The van der Waals surface area contributed by atoms with Crippen LogP contribution in [-0.2, 0) is 57.2 Å². The zero-order valence-electron chi connectivity index (χ0n) is 80.8. The second-order valence-corrected chi connectivity index (χ2v) is 54.3. The van der Waals surface area contributed by atoms with Gasteiger partial charge in [-0.15, -0.1) is 0 Å². The van der Waals surface area contributed by atoms with Crippen LogP contribution in [0.25, 0.3) is 0 Å². The monoisotopic (exact) mass is 1780 g/mol. The minimum atomic E-state index is -0.648. The van der Waals surface area contributed by atoms with Crippen LogP contribution < -0.4 is 0 Å². The summed E-state index contributed by atoms with van der Waals surface area (Å²) in [6, 6.07) is 0. The topological polar surface area (TPSA) is 247 Å². The second-order valence-electron chi connectivity index (χ2n) is 54.3. The molecule has 31 fully saturated rings. The lowest BCUT2D eigenvalue weighted by Gasteiger charge is -2.60. The van der Waals surface area contributed by atoms with Crippen molar-refractivity contribution in [1.82, 2.24) is 0 Å². The van der Waals surface area contributed by atoms with Crippen LogP contribution in [0.3, 0.4) is 0 Å². The average Bonchev–Trinajstić information content (AvgIpc) is 1.59. The van der Waals surface area contributed by atoms with Crippen LogP contribution in [-0.4, -0.2) is 107 Å². The van der Waals surface area contributed by atoms with E-state index in [1.165, 1.54) is 110 Å². The first kappa shape index (κ1) is 87.9. The molecule has 0 heterocycles. The van der Waals surface area contributed by atoms with Crippen LogP contribution in [0.2, 0.25) is 0 Å². The maximum absolute atomic E-state index is 13.7. The van der Waals surface area contributed by atoms with Crippen LogP contribution in [0.4, 0.5) is 0 Å². The minimum absolute atomic E-state index is 0.00288. The number of aliphatic carboxylic acids is 2. The lowest BCUT2D eigenvalue weighted by molar-refractivity contribution is -0.215. The van der Waals surface area contributed by atoms with Gasteiger partial charge in [-0.25, -0.2) is 0 Å². The number of hydrogen-bond donors (Lipinski definition) is 4. The fraction of sp³-hybridized carbons (Fsp3) is 0.938. The third-order valence-electron chi connectivity index (χ3n) is 50.8. The number of carbonyl (C=O) groups excluding carboxylic acids is 5. The van der Waals surface area contributed by atoms with Gasteiger partial charge in [-0.2, -0.15) is 0 Å². The Morgan fingerprint density at radius 2 is 0.597 bits per heavy atom. The molecule has 53 unspecified atom stereocenters. The molecule has 0 radical (unpaired) electrons. The molecule has 0 saturated heterocycles. The zero-order valence-corrected chi connectivity index (χ0v) is 80.8. The third kappa shape index (κ3) is 13.0. The van der Waals surface area contributed by atoms with Crippen molar-refractivity contribution < 1.29 is 77.7 Å². The first-order valence-electron chi connectivity index (χ1n) is 55.4. The molecule has 0 amide bonds. The number of rotatable bonds is 13. The summed E-state index contributed by atoms with van der Waals surface area (Å²) in [7, 11) is 1.52. The van der Waals surface area contributed by atoms with Gasteiger partial charge in [-0.05, 0) is 490 Å². The van der Waals surface area contributed by atoms with E-state index >= 15 is 0 Å². The number of fused-ring (bicyclic) bond motifs is 50. The molecule has 4 N–H and O–H groups in total. The van der Waals surface area contributed by atoms with Crippen molar-refractivity contribution >= 4 is 41.8 Å².